The van der Waals surface area contributed by atoms with Crippen molar-refractivity contribution in [3.63, 3.8) is 0 Å². The average Bonchev–Trinajstić information content (AvgIpc) is 3.83. The van der Waals surface area contributed by atoms with Crippen LogP contribution in [0.4, 0.5) is 11.5 Å². The largest absolute Gasteiger partial charge is 0.507 e. The van der Waals surface area contributed by atoms with Crippen molar-refractivity contribution >= 4 is 74.1 Å². The molecule has 0 radical (unpaired) electrons. The van der Waals surface area contributed by atoms with Gasteiger partial charge in [-0.05, 0) is 86.4 Å². The fourth-order valence-electron chi connectivity index (χ4n) is 9.80. The minimum Gasteiger partial charge on any atom is -0.507 e. The maximum Gasteiger partial charge on any atom is 0.339 e. The monoisotopic (exact) mass is 790 g/mol. The molecule has 14 heteroatoms. The molecule has 1 saturated carbocycles. The number of phenolic OH excluding ortho intramolecular Hbond substituents is 1. The molecule has 4 aliphatic rings. The maximum absolute atomic E-state index is 15.1. The SMILES string of the molecule is Cc1cccc([C@H]2C3=CC[C@@H]4C(=O)N(c5ccc(C(=O)O)c(O)c5)C(=O)[C@@H]4[C@@H]3C[C@H]3C(=O)N(c4cc(-c5sc6ccc(Cl)cc6c5C)nn4C)C(=O)[C@@]23C)c1O. The molecule has 2 saturated heterocycles. The Labute approximate surface area is 329 Å². The molecular formula is C42H35ClN4O8S. The van der Waals surface area contributed by atoms with Gasteiger partial charge in [0.2, 0.25) is 23.6 Å². The van der Waals surface area contributed by atoms with E-state index in [1.807, 2.05) is 31.2 Å². The van der Waals surface area contributed by atoms with Gasteiger partial charge in [-0.3, -0.25) is 23.9 Å². The third-order valence-corrected chi connectivity index (χ3v) is 14.1. The number of aromatic carboxylic acids is 1. The molecule has 0 unspecified atom stereocenters. The van der Waals surface area contributed by atoms with E-state index in [1.54, 1.807) is 45.2 Å². The normalized spacial score (nSPS) is 25.8. The number of carboxylic acids is 1. The van der Waals surface area contributed by atoms with Crippen molar-refractivity contribution in [2.75, 3.05) is 9.80 Å². The van der Waals surface area contributed by atoms with E-state index in [4.69, 9.17) is 16.7 Å². The van der Waals surface area contributed by atoms with Crippen molar-refractivity contribution < 1.29 is 39.3 Å². The third-order valence-electron chi connectivity index (χ3n) is 12.5. The molecule has 3 aromatic carbocycles. The van der Waals surface area contributed by atoms with Gasteiger partial charge in [0.15, 0.2) is 0 Å². The number of thiophene rings is 1. The number of para-hydroxylation sites is 1. The third kappa shape index (κ3) is 4.83. The van der Waals surface area contributed by atoms with E-state index >= 15 is 4.79 Å². The van der Waals surface area contributed by atoms with Crippen molar-refractivity contribution in [2.45, 2.75) is 39.5 Å². The second-order valence-electron chi connectivity index (χ2n) is 15.4. The number of aryl methyl sites for hydroxylation is 3. The van der Waals surface area contributed by atoms with Gasteiger partial charge in [0.25, 0.3) is 0 Å². The van der Waals surface area contributed by atoms with Crippen LogP contribution in [0.25, 0.3) is 20.7 Å². The predicted molar refractivity (Wildman–Crippen MR) is 209 cm³/mol. The van der Waals surface area contributed by atoms with Gasteiger partial charge in [-0.15, -0.1) is 11.3 Å². The van der Waals surface area contributed by atoms with Crippen LogP contribution in [-0.2, 0) is 26.2 Å². The molecule has 6 atom stereocenters. The maximum atomic E-state index is 15.1. The highest BCUT2D eigenvalue weighted by Crippen LogP contribution is 2.64. The molecule has 9 rings (SSSR count). The molecule has 4 heterocycles. The number of aromatic nitrogens is 2. The Bertz CT molecular complexity index is 2660. The summed E-state index contributed by atoms with van der Waals surface area (Å²) < 4.78 is 2.54. The molecule has 0 spiro atoms. The Balaban J connectivity index is 1.15. The fraction of sp³-hybridized carbons (Fsp3) is 0.286. The minimum atomic E-state index is -1.39. The topological polar surface area (TPSA) is 170 Å². The summed E-state index contributed by atoms with van der Waals surface area (Å²) in [5, 5.41) is 37.8. The second kappa shape index (κ2) is 12.4. The predicted octanol–water partition coefficient (Wildman–Crippen LogP) is 7.12. The molecule has 2 aliphatic heterocycles. The first-order valence-corrected chi connectivity index (χ1v) is 19.4. The lowest BCUT2D eigenvalue weighted by Gasteiger charge is -2.49. The summed E-state index contributed by atoms with van der Waals surface area (Å²) in [5.41, 5.74) is 1.55. The van der Waals surface area contributed by atoms with Crippen LogP contribution in [-0.4, -0.2) is 54.7 Å². The highest BCUT2D eigenvalue weighted by molar-refractivity contribution is 7.22. The molecule has 3 fully saturated rings. The lowest BCUT2D eigenvalue weighted by atomic mass is 9.51. The summed E-state index contributed by atoms with van der Waals surface area (Å²) in [5.74, 6) is -7.79. The van der Waals surface area contributed by atoms with Crippen molar-refractivity contribution in [1.82, 2.24) is 9.78 Å². The quantitative estimate of drug-likeness (QED) is 0.124. The summed E-state index contributed by atoms with van der Waals surface area (Å²) in [4.78, 5) is 73.0. The van der Waals surface area contributed by atoms with E-state index in [1.165, 1.54) is 27.0 Å². The summed E-state index contributed by atoms with van der Waals surface area (Å²) in [6.07, 6.45) is 2.14. The van der Waals surface area contributed by atoms with E-state index in [9.17, 15) is 34.5 Å². The van der Waals surface area contributed by atoms with Crippen LogP contribution in [0, 0.1) is 42.9 Å². The molecule has 284 valence electrons. The van der Waals surface area contributed by atoms with Gasteiger partial charge >= 0.3 is 5.97 Å². The Morgan fingerprint density at radius 2 is 1.71 bits per heavy atom. The zero-order valence-corrected chi connectivity index (χ0v) is 32.2. The lowest BCUT2D eigenvalue weighted by Crippen LogP contribution is -2.49. The first-order chi connectivity index (χ1) is 26.6. The number of halogens is 1. The number of nitrogens with zero attached hydrogens (tertiary/aromatic N) is 4. The van der Waals surface area contributed by atoms with Crippen LogP contribution in [0.5, 0.6) is 11.5 Å². The van der Waals surface area contributed by atoms with Crippen LogP contribution in [0.3, 0.4) is 0 Å². The average molecular weight is 791 g/mol. The molecule has 0 bridgehead atoms. The van der Waals surface area contributed by atoms with Crippen LogP contribution in [0.2, 0.25) is 5.02 Å². The molecule has 4 amide bonds. The fourth-order valence-corrected chi connectivity index (χ4v) is 11.1. The minimum absolute atomic E-state index is 0.0209. The van der Waals surface area contributed by atoms with E-state index < -0.39 is 70.4 Å². The van der Waals surface area contributed by atoms with Crippen LogP contribution < -0.4 is 9.80 Å². The summed E-state index contributed by atoms with van der Waals surface area (Å²) >= 11 is 7.84. The Kier molecular flexibility index (Phi) is 7.92. The number of aromatic hydroxyl groups is 2. The van der Waals surface area contributed by atoms with E-state index in [-0.39, 0.29) is 35.7 Å². The first kappa shape index (κ1) is 35.9. The summed E-state index contributed by atoms with van der Waals surface area (Å²) in [6.45, 7) is 5.49. The number of allylic oxidation sites excluding steroid dienone is 2. The number of phenols is 2. The van der Waals surface area contributed by atoms with Gasteiger partial charge in [0.1, 0.15) is 28.6 Å². The van der Waals surface area contributed by atoms with Gasteiger partial charge in [-0.1, -0.05) is 41.4 Å². The molecule has 2 aliphatic carbocycles. The molecule has 3 N–H and O–H groups in total. The van der Waals surface area contributed by atoms with Gasteiger partial charge in [-0.25, -0.2) is 14.6 Å². The zero-order valence-electron chi connectivity index (χ0n) is 30.6. The Morgan fingerprint density at radius 1 is 0.946 bits per heavy atom. The number of rotatable bonds is 5. The Hall–Kier alpha value is -5.79. The van der Waals surface area contributed by atoms with Crippen molar-refractivity contribution in [1.29, 1.82) is 0 Å². The molecule has 5 aromatic rings. The highest BCUT2D eigenvalue weighted by Gasteiger charge is 2.68. The highest BCUT2D eigenvalue weighted by atomic mass is 35.5. The van der Waals surface area contributed by atoms with E-state index in [0.717, 1.165) is 37.6 Å². The van der Waals surface area contributed by atoms with E-state index in [0.29, 0.717) is 27.4 Å². The van der Waals surface area contributed by atoms with Gasteiger partial charge in [-0.2, -0.15) is 5.10 Å². The molecule has 2 aromatic heterocycles. The van der Waals surface area contributed by atoms with Crippen molar-refractivity contribution in [2.24, 2.45) is 36.1 Å². The molecular weight excluding hydrogens is 756 g/mol. The lowest BCUT2D eigenvalue weighted by molar-refractivity contribution is -0.131. The summed E-state index contributed by atoms with van der Waals surface area (Å²) in [7, 11) is 1.68. The second-order valence-corrected chi connectivity index (χ2v) is 16.9. The number of hydrogen-bond donors (Lipinski definition) is 3. The number of imide groups is 2. The number of amides is 4. The Morgan fingerprint density at radius 3 is 2.45 bits per heavy atom. The number of anilines is 2. The van der Waals surface area contributed by atoms with E-state index in [2.05, 4.69) is 0 Å². The van der Waals surface area contributed by atoms with Crippen molar-refractivity contribution in [3.05, 3.63) is 99.6 Å². The van der Waals surface area contributed by atoms with Crippen LogP contribution >= 0.6 is 22.9 Å². The van der Waals surface area contributed by atoms with Crippen LogP contribution in [0.1, 0.15) is 52.7 Å². The zero-order chi connectivity index (χ0) is 39.7. The number of carbonyl (C=O) groups excluding carboxylic acids is 4. The summed E-state index contributed by atoms with van der Waals surface area (Å²) in [6, 6.07) is 16.2. The number of carbonyl (C=O) groups is 5. The van der Waals surface area contributed by atoms with Crippen molar-refractivity contribution in [3.8, 4) is 22.1 Å². The van der Waals surface area contributed by atoms with Gasteiger partial charge in [0.05, 0.1) is 33.7 Å². The molecule has 12 nitrogen and oxygen atoms in total. The van der Waals surface area contributed by atoms with Gasteiger partial charge < -0.3 is 15.3 Å². The number of hydrogen-bond acceptors (Lipinski definition) is 9. The molecule has 56 heavy (non-hydrogen) atoms. The number of benzene rings is 3. The van der Waals surface area contributed by atoms with Crippen LogP contribution in [0.15, 0.2) is 72.3 Å². The van der Waals surface area contributed by atoms with Gasteiger partial charge in [0, 0.05) is 40.4 Å². The number of carboxylic acid groups (broad SMARTS) is 1. The number of fused-ring (bicyclic) bond motifs is 5. The first-order valence-electron chi connectivity index (χ1n) is 18.2. The standard InChI is InChI=1S/C42H35ClN4O8S/c1-18-6-5-7-25(35(18)49)34-22-11-12-24-33(39(52)46(37(24)50)21-9-10-23(40(53)54)30(48)15-21)27(22)16-28-38(51)47(41(55)42(28,34)3)32-17-29(44-45(32)4)36-19(2)26-14-20(43)8-13-31(26)56-36/h5-11,13-15,17,24,27-28,33-34,48-49H,12,16H2,1-4H3,(H,53,54)/t24-,27+,28-,33-,34+,42+/m0/s1. The smallest absolute Gasteiger partial charge is 0.339 e.